The fourth-order valence-corrected chi connectivity index (χ4v) is 2.34. The van der Waals surface area contributed by atoms with E-state index in [0.29, 0.717) is 26.7 Å². The third-order valence-electron chi connectivity index (χ3n) is 1.58. The van der Waals surface area contributed by atoms with Crippen LogP contribution in [0.5, 0.6) is 0 Å². The Balaban J connectivity index is 2.40. The molecule has 1 heterocycles. The van der Waals surface area contributed by atoms with Crippen LogP contribution >= 0.6 is 0 Å². The van der Waals surface area contributed by atoms with Gasteiger partial charge in [0.15, 0.2) is 0 Å². The van der Waals surface area contributed by atoms with Crippen LogP contribution in [0, 0.1) is 0 Å². The third kappa shape index (κ3) is 2.94. The summed E-state index contributed by atoms with van der Waals surface area (Å²) in [5, 5.41) is 0. The zero-order valence-electron chi connectivity index (χ0n) is 7.41. The van der Waals surface area contributed by atoms with Gasteiger partial charge < -0.3 is 0 Å². The van der Waals surface area contributed by atoms with Crippen LogP contribution in [-0.2, 0) is 0 Å². The minimum atomic E-state index is 0.309. The van der Waals surface area contributed by atoms with Crippen molar-refractivity contribution in [3.05, 3.63) is 21.5 Å². The van der Waals surface area contributed by atoms with Crippen LogP contribution in [0.1, 0.15) is 15.7 Å². The van der Waals surface area contributed by atoms with Crippen molar-refractivity contribution < 1.29 is 4.79 Å². The molecule has 0 saturated carbocycles. The van der Waals surface area contributed by atoms with E-state index < -0.39 is 0 Å². The third-order valence-corrected chi connectivity index (χ3v) is 3.49. The van der Waals surface area contributed by atoms with Crippen molar-refractivity contribution in [2.75, 3.05) is 20.6 Å². The summed E-state index contributed by atoms with van der Waals surface area (Å²) in [5.41, 5.74) is 0. The van der Waals surface area contributed by atoms with Crippen molar-refractivity contribution >= 4 is 20.3 Å². The number of nitrogens with zero attached hydrogens (tertiary/aromatic N) is 1. The predicted molar refractivity (Wildman–Crippen MR) is 50.9 cm³/mol. The molecular formula is C9H13NOSe. The van der Waals surface area contributed by atoms with Crippen LogP contribution in [0.25, 0.3) is 0 Å². The van der Waals surface area contributed by atoms with Crippen molar-refractivity contribution in [3.63, 3.8) is 0 Å². The van der Waals surface area contributed by atoms with Gasteiger partial charge in [-0.05, 0) is 0 Å². The van der Waals surface area contributed by atoms with E-state index >= 15 is 0 Å². The van der Waals surface area contributed by atoms with Gasteiger partial charge in [-0.1, -0.05) is 0 Å². The number of ketones is 1. The molecule has 0 aliphatic carbocycles. The molecule has 0 aliphatic heterocycles. The molecule has 0 bridgehead atoms. The fraction of sp³-hybridized carbons (Fsp3) is 0.444. The van der Waals surface area contributed by atoms with Gasteiger partial charge in [0, 0.05) is 0 Å². The Morgan fingerprint density at radius 2 is 2.33 bits per heavy atom. The first-order valence-corrected chi connectivity index (χ1v) is 5.76. The van der Waals surface area contributed by atoms with E-state index in [0.717, 1.165) is 11.0 Å². The Bertz CT molecular complexity index is 241. The quantitative estimate of drug-likeness (QED) is 0.565. The summed E-state index contributed by atoms with van der Waals surface area (Å²) < 4.78 is 1.02. The summed E-state index contributed by atoms with van der Waals surface area (Å²) in [4.78, 5) is 15.5. The Labute approximate surface area is 78.9 Å². The van der Waals surface area contributed by atoms with Crippen molar-refractivity contribution in [1.29, 1.82) is 0 Å². The normalized spacial score (nSPS) is 10.6. The number of rotatable bonds is 4. The minimum absolute atomic E-state index is 0.309. The summed E-state index contributed by atoms with van der Waals surface area (Å²) in [7, 11) is 3.97. The predicted octanol–water partition coefficient (Wildman–Crippen LogP) is 0.878. The van der Waals surface area contributed by atoms with Crippen molar-refractivity contribution in [2.45, 2.75) is 6.42 Å². The zero-order chi connectivity index (χ0) is 8.97. The SMILES string of the molecule is CN(C)CCC(=O)c1ccc[se]1. The molecule has 0 radical (unpaired) electrons. The first-order chi connectivity index (χ1) is 5.70. The molecule has 66 valence electrons. The first-order valence-electron chi connectivity index (χ1n) is 3.91. The van der Waals surface area contributed by atoms with Gasteiger partial charge in [0.05, 0.1) is 0 Å². The van der Waals surface area contributed by atoms with Crippen LogP contribution in [-0.4, -0.2) is 45.8 Å². The second-order valence-electron chi connectivity index (χ2n) is 2.95. The van der Waals surface area contributed by atoms with E-state index in [1.165, 1.54) is 0 Å². The van der Waals surface area contributed by atoms with Crippen LogP contribution in [0.2, 0.25) is 0 Å². The van der Waals surface area contributed by atoms with Gasteiger partial charge in [-0.2, -0.15) is 0 Å². The van der Waals surface area contributed by atoms with Crippen LogP contribution in [0.3, 0.4) is 0 Å². The molecule has 0 fully saturated rings. The van der Waals surface area contributed by atoms with Crippen molar-refractivity contribution in [2.24, 2.45) is 0 Å². The van der Waals surface area contributed by atoms with Gasteiger partial charge in [0.25, 0.3) is 0 Å². The average molecular weight is 230 g/mol. The Morgan fingerprint density at radius 3 is 2.83 bits per heavy atom. The maximum absolute atomic E-state index is 11.4. The van der Waals surface area contributed by atoms with E-state index in [-0.39, 0.29) is 0 Å². The Morgan fingerprint density at radius 1 is 1.58 bits per heavy atom. The Hall–Kier alpha value is -0.371. The van der Waals surface area contributed by atoms with Gasteiger partial charge in [-0.25, -0.2) is 0 Å². The van der Waals surface area contributed by atoms with Crippen molar-refractivity contribution in [1.82, 2.24) is 4.90 Å². The van der Waals surface area contributed by atoms with Gasteiger partial charge in [0.1, 0.15) is 0 Å². The van der Waals surface area contributed by atoms with Gasteiger partial charge in [-0.3, -0.25) is 0 Å². The molecule has 3 heteroatoms. The zero-order valence-corrected chi connectivity index (χ0v) is 9.12. The summed E-state index contributed by atoms with van der Waals surface area (Å²) in [6.45, 7) is 0.853. The molecule has 0 aromatic carbocycles. The molecular weight excluding hydrogens is 217 g/mol. The molecule has 0 unspecified atom stereocenters. The van der Waals surface area contributed by atoms with Crippen molar-refractivity contribution in [3.8, 4) is 0 Å². The summed E-state index contributed by atoms with van der Waals surface area (Å²) in [6.07, 6.45) is 0.655. The monoisotopic (exact) mass is 231 g/mol. The standard InChI is InChI=1S/C9H13NOSe/c1-10(2)6-5-8(11)9-4-3-7-12-9/h3-4,7H,5-6H2,1-2H3. The Kier molecular flexibility index (Phi) is 3.73. The van der Waals surface area contributed by atoms with Crippen LogP contribution < -0.4 is 0 Å². The van der Waals surface area contributed by atoms with E-state index in [9.17, 15) is 4.79 Å². The number of hydrogen-bond donors (Lipinski definition) is 0. The van der Waals surface area contributed by atoms with E-state index in [4.69, 9.17) is 0 Å². The molecule has 0 aliphatic rings. The molecule has 0 N–H and O–H groups in total. The topological polar surface area (TPSA) is 20.3 Å². The average Bonchev–Trinajstić information content (AvgIpc) is 2.51. The van der Waals surface area contributed by atoms with Gasteiger partial charge >= 0.3 is 78.6 Å². The van der Waals surface area contributed by atoms with Gasteiger partial charge in [0.2, 0.25) is 0 Å². The fourth-order valence-electron chi connectivity index (χ4n) is 0.886. The number of Topliss-reactive ketones (excluding diaryl/α,β-unsaturated/α-hetero) is 1. The molecule has 0 saturated heterocycles. The van der Waals surface area contributed by atoms with Crippen LogP contribution in [0.4, 0.5) is 0 Å². The van der Waals surface area contributed by atoms with Crippen LogP contribution in [0.15, 0.2) is 17.1 Å². The molecule has 1 aromatic rings. The summed E-state index contributed by atoms with van der Waals surface area (Å²) >= 11 is 0.309. The number of hydrogen-bond acceptors (Lipinski definition) is 2. The van der Waals surface area contributed by atoms with Gasteiger partial charge in [-0.15, -0.1) is 0 Å². The molecule has 1 rings (SSSR count). The van der Waals surface area contributed by atoms with E-state index in [2.05, 4.69) is 4.94 Å². The first kappa shape index (κ1) is 9.72. The summed E-state index contributed by atoms with van der Waals surface area (Å²) in [6, 6.07) is 3.92. The second kappa shape index (κ2) is 4.61. The van der Waals surface area contributed by atoms with E-state index in [1.807, 2.05) is 31.1 Å². The molecule has 2 nitrogen and oxygen atoms in total. The second-order valence-corrected chi connectivity index (χ2v) is 4.94. The molecule has 0 amide bonds. The molecule has 12 heavy (non-hydrogen) atoms. The molecule has 1 aromatic heterocycles. The molecule has 0 atom stereocenters. The summed E-state index contributed by atoms with van der Waals surface area (Å²) in [5.74, 6) is 0.314. The number of carbonyl (C=O) groups is 1. The maximum atomic E-state index is 11.4. The van der Waals surface area contributed by atoms with E-state index in [1.54, 1.807) is 0 Å². The number of carbonyl (C=O) groups excluding carboxylic acids is 1. The molecule has 0 spiro atoms.